The number of hydrogen-bond donors (Lipinski definition) is 1. The van der Waals surface area contributed by atoms with Gasteiger partial charge in [0.1, 0.15) is 0 Å². The molecule has 0 aliphatic carbocycles. The van der Waals surface area contributed by atoms with Crippen molar-refractivity contribution in [2.75, 3.05) is 40.5 Å². The number of rotatable bonds is 6. The van der Waals surface area contributed by atoms with E-state index in [0.29, 0.717) is 6.54 Å². The van der Waals surface area contributed by atoms with Gasteiger partial charge in [-0.2, -0.15) is 0 Å². The lowest BCUT2D eigenvalue weighted by Crippen LogP contribution is -2.44. The molecule has 2 rings (SSSR count). The maximum Gasteiger partial charge on any atom is 0.194 e. The average Bonchev–Trinajstić information content (AvgIpc) is 2.61. The van der Waals surface area contributed by atoms with E-state index in [1.807, 2.05) is 6.07 Å². The van der Waals surface area contributed by atoms with E-state index in [2.05, 4.69) is 58.3 Å². The normalized spacial score (nSPS) is 17.6. The van der Waals surface area contributed by atoms with Crippen LogP contribution in [0.2, 0.25) is 0 Å². The Morgan fingerprint density at radius 1 is 1.38 bits per heavy atom. The Labute approximate surface area is 153 Å². The highest BCUT2D eigenvalue weighted by atomic mass is 79.9. The molecule has 1 aromatic rings. The predicted octanol–water partition coefficient (Wildman–Crippen LogP) is 3.04. The average molecular weight is 398 g/mol. The van der Waals surface area contributed by atoms with Crippen molar-refractivity contribution in [1.82, 2.24) is 10.2 Å². The van der Waals surface area contributed by atoms with E-state index in [1.54, 1.807) is 7.11 Å². The molecule has 1 saturated heterocycles. The van der Waals surface area contributed by atoms with Gasteiger partial charge < -0.3 is 19.7 Å². The van der Waals surface area contributed by atoms with Crippen LogP contribution in [0.4, 0.5) is 0 Å². The molecule has 0 radical (unpaired) electrons. The minimum Gasteiger partial charge on any atom is -0.381 e. The molecule has 0 aromatic heterocycles. The van der Waals surface area contributed by atoms with Gasteiger partial charge in [0.05, 0.1) is 12.1 Å². The summed E-state index contributed by atoms with van der Waals surface area (Å²) >= 11 is 3.61. The van der Waals surface area contributed by atoms with Crippen molar-refractivity contribution in [3.8, 4) is 0 Å². The highest BCUT2D eigenvalue weighted by Gasteiger charge is 2.32. The molecule has 134 valence electrons. The monoisotopic (exact) mass is 397 g/mol. The molecular formula is C18H28BrN3O2. The highest BCUT2D eigenvalue weighted by Crippen LogP contribution is 2.25. The minimum atomic E-state index is -0.201. The number of nitrogens with one attached hydrogen (secondary N) is 1. The number of methoxy groups -OCH3 is 1. The van der Waals surface area contributed by atoms with E-state index < -0.39 is 0 Å². The third-order valence-electron chi connectivity index (χ3n) is 4.42. The van der Waals surface area contributed by atoms with Crippen molar-refractivity contribution >= 4 is 21.9 Å². The minimum absolute atomic E-state index is 0.201. The van der Waals surface area contributed by atoms with Crippen LogP contribution in [0.3, 0.4) is 0 Å². The van der Waals surface area contributed by atoms with Crippen molar-refractivity contribution in [2.24, 2.45) is 4.99 Å². The lowest BCUT2D eigenvalue weighted by Gasteiger charge is -2.35. The van der Waals surface area contributed by atoms with Gasteiger partial charge in [0.2, 0.25) is 0 Å². The molecule has 24 heavy (non-hydrogen) atoms. The Morgan fingerprint density at radius 3 is 2.71 bits per heavy atom. The van der Waals surface area contributed by atoms with Gasteiger partial charge in [0.15, 0.2) is 5.96 Å². The molecule has 0 saturated carbocycles. The zero-order valence-corrected chi connectivity index (χ0v) is 16.4. The Bertz CT molecular complexity index is 545. The maximum atomic E-state index is 5.78. The summed E-state index contributed by atoms with van der Waals surface area (Å²) in [6.45, 7) is 5.84. The molecule has 6 heteroatoms. The standard InChI is InChI=1S/C18H28BrN3O2/c1-4-20-17(21-14-18(23-3)9-11-24-12-10-18)22(2)13-15-7-5-6-8-16(15)19/h5-8H,4,9-14H2,1-3H3,(H,20,21). The molecule has 1 heterocycles. The fourth-order valence-corrected chi connectivity index (χ4v) is 3.23. The number of benzene rings is 1. The zero-order chi connectivity index (χ0) is 17.4. The van der Waals surface area contributed by atoms with Gasteiger partial charge in [-0.25, -0.2) is 0 Å². The van der Waals surface area contributed by atoms with E-state index in [-0.39, 0.29) is 5.60 Å². The number of nitrogens with zero attached hydrogens (tertiary/aromatic N) is 2. The Morgan fingerprint density at radius 2 is 2.08 bits per heavy atom. The molecule has 0 atom stereocenters. The van der Waals surface area contributed by atoms with Crippen LogP contribution in [0.15, 0.2) is 33.7 Å². The lowest BCUT2D eigenvalue weighted by molar-refractivity contribution is -0.0829. The molecule has 1 aliphatic rings. The quantitative estimate of drug-likeness (QED) is 0.591. The second-order valence-corrected chi connectivity index (χ2v) is 6.97. The number of guanidine groups is 1. The van der Waals surface area contributed by atoms with Crippen molar-refractivity contribution in [1.29, 1.82) is 0 Å². The Hall–Kier alpha value is -1.11. The molecule has 0 bridgehead atoms. The van der Waals surface area contributed by atoms with E-state index in [4.69, 9.17) is 14.5 Å². The summed E-state index contributed by atoms with van der Waals surface area (Å²) in [7, 11) is 3.84. The second kappa shape index (κ2) is 9.39. The molecule has 0 unspecified atom stereocenters. The summed E-state index contributed by atoms with van der Waals surface area (Å²) in [5, 5.41) is 3.38. The van der Waals surface area contributed by atoms with Gasteiger partial charge in [0, 0.05) is 57.8 Å². The number of halogens is 1. The van der Waals surface area contributed by atoms with Crippen LogP contribution in [0.25, 0.3) is 0 Å². The Kier molecular flexibility index (Phi) is 7.52. The first-order valence-corrected chi connectivity index (χ1v) is 9.25. The SMILES string of the molecule is CCNC(=NCC1(OC)CCOCC1)N(C)Cc1ccccc1Br. The Balaban J connectivity index is 2.07. The fourth-order valence-electron chi connectivity index (χ4n) is 2.82. The van der Waals surface area contributed by atoms with Gasteiger partial charge in [0.25, 0.3) is 0 Å². The van der Waals surface area contributed by atoms with Crippen LogP contribution in [0.5, 0.6) is 0 Å². The summed E-state index contributed by atoms with van der Waals surface area (Å²) in [5.74, 6) is 0.899. The van der Waals surface area contributed by atoms with E-state index in [9.17, 15) is 0 Å². The zero-order valence-electron chi connectivity index (χ0n) is 14.8. The summed E-state index contributed by atoms with van der Waals surface area (Å²) in [6.07, 6.45) is 1.78. The van der Waals surface area contributed by atoms with Gasteiger partial charge in [-0.05, 0) is 18.6 Å². The largest absolute Gasteiger partial charge is 0.381 e. The number of hydrogen-bond acceptors (Lipinski definition) is 3. The third-order valence-corrected chi connectivity index (χ3v) is 5.19. The lowest BCUT2D eigenvalue weighted by atomic mass is 9.94. The summed E-state index contributed by atoms with van der Waals surface area (Å²) in [6, 6.07) is 8.27. The fraction of sp³-hybridized carbons (Fsp3) is 0.611. The van der Waals surface area contributed by atoms with Gasteiger partial charge in [-0.1, -0.05) is 34.1 Å². The van der Waals surface area contributed by atoms with Crippen molar-refractivity contribution in [3.63, 3.8) is 0 Å². The summed E-state index contributed by atoms with van der Waals surface area (Å²) < 4.78 is 12.4. The molecule has 5 nitrogen and oxygen atoms in total. The first kappa shape index (κ1) is 19.2. The summed E-state index contributed by atoms with van der Waals surface area (Å²) in [5.41, 5.74) is 1.03. The van der Waals surface area contributed by atoms with Crippen LogP contribution in [-0.2, 0) is 16.0 Å². The van der Waals surface area contributed by atoms with Gasteiger partial charge in [-0.15, -0.1) is 0 Å². The van der Waals surface area contributed by atoms with E-state index >= 15 is 0 Å². The number of ether oxygens (including phenoxy) is 2. The molecule has 0 amide bonds. The second-order valence-electron chi connectivity index (χ2n) is 6.12. The van der Waals surface area contributed by atoms with Crippen molar-refractivity contribution in [3.05, 3.63) is 34.3 Å². The molecule has 1 aromatic carbocycles. The molecule has 1 aliphatic heterocycles. The molecule has 1 N–H and O–H groups in total. The third kappa shape index (κ3) is 5.19. The predicted molar refractivity (Wildman–Crippen MR) is 101 cm³/mol. The molecular weight excluding hydrogens is 370 g/mol. The van der Waals surface area contributed by atoms with E-state index in [1.165, 1.54) is 5.56 Å². The highest BCUT2D eigenvalue weighted by molar-refractivity contribution is 9.10. The molecule has 1 fully saturated rings. The topological polar surface area (TPSA) is 46.1 Å². The summed E-state index contributed by atoms with van der Waals surface area (Å²) in [4.78, 5) is 6.99. The van der Waals surface area contributed by atoms with Crippen molar-refractivity contribution < 1.29 is 9.47 Å². The first-order chi connectivity index (χ1) is 11.6. The van der Waals surface area contributed by atoms with Crippen LogP contribution in [0, 0.1) is 0 Å². The van der Waals surface area contributed by atoms with Crippen molar-refractivity contribution in [2.45, 2.75) is 31.9 Å². The van der Waals surface area contributed by atoms with Crippen LogP contribution in [0.1, 0.15) is 25.3 Å². The maximum absolute atomic E-state index is 5.78. The molecule has 0 spiro atoms. The smallest absolute Gasteiger partial charge is 0.194 e. The van der Waals surface area contributed by atoms with Crippen LogP contribution in [-0.4, -0.2) is 56.9 Å². The number of aliphatic imine (C=N–C) groups is 1. The van der Waals surface area contributed by atoms with Gasteiger partial charge >= 0.3 is 0 Å². The van der Waals surface area contributed by atoms with Crippen LogP contribution < -0.4 is 5.32 Å². The van der Waals surface area contributed by atoms with Crippen LogP contribution >= 0.6 is 15.9 Å². The first-order valence-electron chi connectivity index (χ1n) is 8.46. The van der Waals surface area contributed by atoms with E-state index in [0.717, 1.165) is 49.6 Å². The van der Waals surface area contributed by atoms with Gasteiger partial charge in [-0.3, -0.25) is 4.99 Å².